The zero-order valence-corrected chi connectivity index (χ0v) is 17.1. The Morgan fingerprint density at radius 3 is 2.71 bits per heavy atom. The summed E-state index contributed by atoms with van der Waals surface area (Å²) < 4.78 is 22.3. The quantitative estimate of drug-likeness (QED) is 0.510. The molecule has 0 atom stereocenters. The summed E-state index contributed by atoms with van der Waals surface area (Å²) in [5, 5.41) is 7.86. The van der Waals surface area contributed by atoms with Gasteiger partial charge in [0.25, 0.3) is 0 Å². The second kappa shape index (κ2) is 8.35. The maximum Gasteiger partial charge on any atom is 0.151 e. The van der Waals surface area contributed by atoms with Crippen molar-refractivity contribution in [2.45, 2.75) is 25.4 Å². The van der Waals surface area contributed by atoms with Crippen molar-refractivity contribution in [1.29, 1.82) is 0 Å². The molecule has 0 bridgehead atoms. The van der Waals surface area contributed by atoms with Gasteiger partial charge in [0.05, 0.1) is 0 Å². The highest BCUT2D eigenvalue weighted by molar-refractivity contribution is 5.88. The summed E-state index contributed by atoms with van der Waals surface area (Å²) in [6.07, 6.45) is 3.50. The topological polar surface area (TPSA) is 77.5 Å². The molecule has 3 heterocycles. The second-order valence-electron chi connectivity index (χ2n) is 7.86. The Morgan fingerprint density at radius 2 is 1.90 bits per heavy atom. The van der Waals surface area contributed by atoms with Gasteiger partial charge in [-0.05, 0) is 55.3 Å². The first-order valence-electron chi connectivity index (χ1n) is 10.5. The Bertz CT molecular complexity index is 1200. The summed E-state index contributed by atoms with van der Waals surface area (Å²) in [5.41, 5.74) is 10.6. The van der Waals surface area contributed by atoms with Gasteiger partial charge < -0.3 is 15.8 Å². The number of hydrogen-bond donors (Lipinski definition) is 2. The van der Waals surface area contributed by atoms with Gasteiger partial charge in [0.15, 0.2) is 5.82 Å². The third-order valence-corrected chi connectivity index (χ3v) is 5.80. The van der Waals surface area contributed by atoms with Gasteiger partial charge >= 0.3 is 0 Å². The highest BCUT2D eigenvalue weighted by atomic mass is 19.1. The summed E-state index contributed by atoms with van der Waals surface area (Å²) >= 11 is 0. The first-order valence-corrected chi connectivity index (χ1v) is 10.5. The molecule has 1 fully saturated rings. The van der Waals surface area contributed by atoms with E-state index in [0.717, 1.165) is 42.8 Å². The van der Waals surface area contributed by atoms with Crippen molar-refractivity contribution in [2.75, 3.05) is 18.8 Å². The molecule has 1 aliphatic heterocycles. The largest absolute Gasteiger partial charge is 0.489 e. The van der Waals surface area contributed by atoms with Gasteiger partial charge in [-0.2, -0.15) is 5.10 Å². The van der Waals surface area contributed by atoms with Gasteiger partial charge in [0.1, 0.15) is 30.0 Å². The van der Waals surface area contributed by atoms with Crippen LogP contribution in [0.1, 0.15) is 30.0 Å². The monoisotopic (exact) mass is 417 g/mol. The fraction of sp³-hybridized carbons (Fsp3) is 0.250. The Hall–Kier alpha value is -3.45. The molecule has 2 aromatic carbocycles. The van der Waals surface area contributed by atoms with E-state index >= 15 is 0 Å². The van der Waals surface area contributed by atoms with Crippen LogP contribution in [-0.4, -0.2) is 27.7 Å². The second-order valence-corrected chi connectivity index (χ2v) is 7.86. The molecule has 6 nitrogen and oxygen atoms in total. The van der Waals surface area contributed by atoms with E-state index in [2.05, 4.69) is 21.5 Å². The van der Waals surface area contributed by atoms with Crippen molar-refractivity contribution in [3.63, 3.8) is 0 Å². The fourth-order valence-corrected chi connectivity index (χ4v) is 4.26. The lowest BCUT2D eigenvalue weighted by molar-refractivity contribution is 0.305. The fourth-order valence-electron chi connectivity index (χ4n) is 4.26. The molecule has 0 unspecified atom stereocenters. The molecule has 0 aliphatic carbocycles. The standard InChI is InChI=1S/C24H24FN5O/c25-19-10-18(11-20(12-19)31-14-16-4-2-1-3-5-16)21-13-22(17-6-8-27-9-7-17)30-23(21)24(26)28-15-29-30/h1-5,10-13,15,17,27H,6-9,14H2,(H2,26,28,29). The molecule has 0 spiro atoms. The van der Waals surface area contributed by atoms with E-state index in [1.54, 1.807) is 0 Å². The van der Waals surface area contributed by atoms with E-state index < -0.39 is 0 Å². The molecule has 2 aromatic heterocycles. The molecule has 31 heavy (non-hydrogen) atoms. The van der Waals surface area contributed by atoms with Gasteiger partial charge in [-0.25, -0.2) is 13.9 Å². The van der Waals surface area contributed by atoms with E-state index in [0.29, 0.717) is 35.2 Å². The summed E-state index contributed by atoms with van der Waals surface area (Å²) in [6.45, 7) is 2.29. The highest BCUT2D eigenvalue weighted by Gasteiger charge is 2.23. The number of fused-ring (bicyclic) bond motifs is 1. The van der Waals surface area contributed by atoms with Crippen LogP contribution in [0.5, 0.6) is 5.75 Å². The number of halogens is 1. The van der Waals surface area contributed by atoms with Crippen LogP contribution < -0.4 is 15.8 Å². The average Bonchev–Trinajstić information content (AvgIpc) is 3.20. The van der Waals surface area contributed by atoms with Gasteiger partial charge in [0, 0.05) is 23.2 Å². The lowest BCUT2D eigenvalue weighted by Gasteiger charge is -2.22. The molecule has 3 N–H and O–H groups in total. The summed E-state index contributed by atoms with van der Waals surface area (Å²) in [5.74, 6) is 0.844. The van der Waals surface area contributed by atoms with Crippen molar-refractivity contribution in [3.8, 4) is 16.9 Å². The molecular formula is C24H24FN5O. The zero-order chi connectivity index (χ0) is 21.2. The first-order chi connectivity index (χ1) is 15.2. The number of anilines is 1. The first kappa shape index (κ1) is 19.5. The number of ether oxygens (including phenoxy) is 1. The number of nitrogens with one attached hydrogen (secondary N) is 1. The average molecular weight is 417 g/mol. The number of aromatic nitrogens is 3. The van der Waals surface area contributed by atoms with Crippen molar-refractivity contribution in [3.05, 3.63) is 78.0 Å². The van der Waals surface area contributed by atoms with Crippen molar-refractivity contribution in [2.24, 2.45) is 0 Å². The van der Waals surface area contributed by atoms with Gasteiger partial charge in [-0.15, -0.1) is 0 Å². The number of rotatable bonds is 5. The minimum absolute atomic E-state index is 0.360. The number of piperidine rings is 1. The molecule has 7 heteroatoms. The summed E-state index contributed by atoms with van der Waals surface area (Å²) in [7, 11) is 0. The molecule has 0 radical (unpaired) electrons. The Morgan fingerprint density at radius 1 is 1.10 bits per heavy atom. The lowest BCUT2D eigenvalue weighted by Crippen LogP contribution is -2.27. The van der Waals surface area contributed by atoms with Crippen molar-refractivity contribution < 1.29 is 9.13 Å². The van der Waals surface area contributed by atoms with E-state index in [4.69, 9.17) is 10.5 Å². The Kier molecular flexibility index (Phi) is 5.26. The SMILES string of the molecule is Nc1ncnn2c(C3CCNCC3)cc(-c3cc(F)cc(OCc4ccccc4)c3)c12. The summed E-state index contributed by atoms with van der Waals surface area (Å²) in [6, 6.07) is 16.6. The molecule has 5 rings (SSSR count). The maximum atomic E-state index is 14.5. The van der Waals surface area contributed by atoms with Crippen LogP contribution in [0.2, 0.25) is 0 Å². The van der Waals surface area contributed by atoms with Gasteiger partial charge in [-0.3, -0.25) is 0 Å². The molecule has 1 saturated heterocycles. The Balaban J connectivity index is 1.55. The van der Waals surface area contributed by atoms with Crippen molar-refractivity contribution in [1.82, 2.24) is 19.9 Å². The molecule has 158 valence electrons. The van der Waals surface area contributed by atoms with Crippen molar-refractivity contribution >= 4 is 11.3 Å². The maximum absolute atomic E-state index is 14.5. The number of nitrogens with two attached hydrogens (primary N) is 1. The number of nitrogen functional groups attached to an aromatic ring is 1. The zero-order valence-electron chi connectivity index (χ0n) is 17.1. The van der Waals surface area contributed by atoms with Crippen LogP contribution in [0.15, 0.2) is 60.9 Å². The minimum Gasteiger partial charge on any atom is -0.489 e. The van der Waals surface area contributed by atoms with E-state index in [1.165, 1.54) is 18.5 Å². The van der Waals surface area contributed by atoms with Crippen LogP contribution in [0.4, 0.5) is 10.2 Å². The molecule has 0 amide bonds. The van der Waals surface area contributed by atoms with Gasteiger partial charge in [-0.1, -0.05) is 30.3 Å². The van der Waals surface area contributed by atoms with E-state index in [-0.39, 0.29) is 5.82 Å². The summed E-state index contributed by atoms with van der Waals surface area (Å²) in [4.78, 5) is 4.18. The third-order valence-electron chi connectivity index (χ3n) is 5.80. The minimum atomic E-state index is -0.362. The molecule has 0 saturated carbocycles. The molecule has 4 aromatic rings. The highest BCUT2D eigenvalue weighted by Crippen LogP contribution is 2.37. The van der Waals surface area contributed by atoms with Crippen LogP contribution >= 0.6 is 0 Å². The van der Waals surface area contributed by atoms with Crippen LogP contribution in [0.3, 0.4) is 0 Å². The number of benzene rings is 2. The van der Waals surface area contributed by atoms with Gasteiger partial charge in [0.2, 0.25) is 0 Å². The van der Waals surface area contributed by atoms with Crippen LogP contribution in [-0.2, 0) is 6.61 Å². The van der Waals surface area contributed by atoms with E-state index in [1.807, 2.05) is 40.9 Å². The third kappa shape index (κ3) is 3.96. The molecule has 1 aliphatic rings. The number of hydrogen-bond acceptors (Lipinski definition) is 5. The smallest absolute Gasteiger partial charge is 0.151 e. The normalized spacial score (nSPS) is 14.7. The Labute approximate surface area is 179 Å². The van der Waals surface area contributed by atoms with Crippen LogP contribution in [0.25, 0.3) is 16.6 Å². The predicted octanol–water partition coefficient (Wildman–Crippen LogP) is 4.16. The number of nitrogens with zero attached hydrogens (tertiary/aromatic N) is 3. The molecular weight excluding hydrogens is 393 g/mol. The van der Waals surface area contributed by atoms with Crippen LogP contribution in [0, 0.1) is 5.82 Å². The predicted molar refractivity (Wildman–Crippen MR) is 118 cm³/mol. The van der Waals surface area contributed by atoms with E-state index in [9.17, 15) is 4.39 Å². The lowest BCUT2D eigenvalue weighted by atomic mass is 9.94.